The number of hydrogen-bond acceptors (Lipinski definition) is 9. The number of anilines is 1. The molecule has 1 fully saturated rings. The first-order valence-electron chi connectivity index (χ1n) is 11.3. The van der Waals surface area contributed by atoms with Crippen molar-refractivity contribution < 1.29 is 43.3 Å². The molecule has 2 aliphatic rings. The van der Waals surface area contributed by atoms with Crippen LogP contribution >= 0.6 is 26.8 Å². The van der Waals surface area contributed by atoms with Gasteiger partial charge in [0.2, 0.25) is 0 Å². The first-order valence-corrected chi connectivity index (χ1v) is 15.3. The average Bonchev–Trinajstić information content (AvgIpc) is 3.48. The number of nitrogens with zero attached hydrogens (tertiary/aromatic N) is 3. The van der Waals surface area contributed by atoms with Crippen LogP contribution in [0.1, 0.15) is 29.8 Å². The Morgan fingerprint density at radius 2 is 1.95 bits per heavy atom. The molecule has 2 unspecified atom stereocenters. The summed E-state index contributed by atoms with van der Waals surface area (Å²) in [5.74, 6) is -1.39. The monoisotopic (exact) mass is 574 g/mol. The van der Waals surface area contributed by atoms with Crippen LogP contribution in [0, 0.1) is 0 Å². The molecule has 2 aromatic heterocycles. The van der Waals surface area contributed by atoms with Crippen molar-refractivity contribution in [2.45, 2.75) is 43.4 Å². The molecule has 1 saturated heterocycles. The van der Waals surface area contributed by atoms with Gasteiger partial charge in [0.25, 0.3) is 0 Å². The molecule has 3 heterocycles. The minimum atomic E-state index is -4.83. The lowest BCUT2D eigenvalue weighted by Crippen LogP contribution is -2.33. The number of aliphatic hydroxyl groups is 2. The van der Waals surface area contributed by atoms with Gasteiger partial charge in [-0.1, -0.05) is 35.9 Å². The van der Waals surface area contributed by atoms with Crippen molar-refractivity contribution in [3.63, 3.8) is 0 Å². The number of ether oxygens (including phenoxy) is 1. The van der Waals surface area contributed by atoms with Crippen molar-refractivity contribution in [2.75, 3.05) is 17.8 Å². The van der Waals surface area contributed by atoms with Gasteiger partial charge in [-0.3, -0.25) is 9.13 Å². The van der Waals surface area contributed by atoms with Crippen molar-refractivity contribution in [2.24, 2.45) is 0 Å². The van der Waals surface area contributed by atoms with E-state index in [2.05, 4.69) is 27.5 Å². The van der Waals surface area contributed by atoms with Crippen LogP contribution in [0.15, 0.2) is 36.5 Å². The number of nitrogens with one attached hydrogen (secondary N) is 1. The molecule has 1 aliphatic carbocycles. The van der Waals surface area contributed by atoms with Gasteiger partial charge >= 0.3 is 15.2 Å². The molecule has 1 aliphatic heterocycles. The molecule has 3 aromatic rings. The quantitative estimate of drug-likeness (QED) is 0.170. The molecule has 5 rings (SSSR count). The second-order valence-electron chi connectivity index (χ2n) is 9.04. The Hall–Kier alpha value is -1.89. The summed E-state index contributed by atoms with van der Waals surface area (Å²) in [6, 6.07) is 9.88. The van der Waals surface area contributed by atoms with Crippen LogP contribution in [0.25, 0.3) is 11.0 Å². The molecule has 0 radical (unpaired) electrons. The Balaban J connectivity index is 1.37. The fraction of sp³-hybridized carbons (Fsp3) is 0.429. The number of hydrogen-bond donors (Lipinski definition) is 6. The third-order valence-electron chi connectivity index (χ3n) is 6.38. The number of aromatic nitrogens is 3. The lowest BCUT2D eigenvalue weighted by molar-refractivity contribution is -0.0541. The molecule has 6 N–H and O–H groups in total. The van der Waals surface area contributed by atoms with Gasteiger partial charge in [0.05, 0.1) is 29.9 Å². The summed E-state index contributed by atoms with van der Waals surface area (Å²) in [7, 11) is -9.50. The van der Waals surface area contributed by atoms with Crippen LogP contribution in [0.4, 0.5) is 5.69 Å². The van der Waals surface area contributed by atoms with E-state index in [1.54, 1.807) is 6.07 Å². The van der Waals surface area contributed by atoms with E-state index in [1.807, 2.05) is 12.1 Å². The molecule has 200 valence electrons. The number of pyridine rings is 1. The summed E-state index contributed by atoms with van der Waals surface area (Å²) in [4.78, 5) is 31.9. The van der Waals surface area contributed by atoms with E-state index in [1.165, 1.54) is 22.0 Å². The SMILES string of the molecule is O=P(O)(O)CP(=O)(O)OC[C@H]1O[C@@H](n2ncc3c(N[C@H]4CCc5ccccc54)cc(Cl)nc32)[C@@H](O)C1O. The summed E-state index contributed by atoms with van der Waals surface area (Å²) >= 11 is 6.30. The first kappa shape index (κ1) is 26.7. The maximum absolute atomic E-state index is 11.9. The van der Waals surface area contributed by atoms with Crippen LogP contribution in [0.3, 0.4) is 0 Å². The predicted molar refractivity (Wildman–Crippen MR) is 132 cm³/mol. The third kappa shape index (κ3) is 5.62. The number of halogens is 1. The lowest BCUT2D eigenvalue weighted by atomic mass is 10.1. The van der Waals surface area contributed by atoms with Gasteiger partial charge in [-0.15, -0.1) is 0 Å². The molecule has 0 amide bonds. The van der Waals surface area contributed by atoms with Crippen LogP contribution in [0.5, 0.6) is 0 Å². The van der Waals surface area contributed by atoms with Gasteiger partial charge in [-0.2, -0.15) is 5.10 Å². The highest BCUT2D eigenvalue weighted by molar-refractivity contribution is 7.70. The van der Waals surface area contributed by atoms with Crippen molar-refractivity contribution >= 4 is 43.5 Å². The Morgan fingerprint density at radius 1 is 1.19 bits per heavy atom. The van der Waals surface area contributed by atoms with E-state index in [-0.39, 0.29) is 16.8 Å². The molecule has 1 aromatic carbocycles. The number of aryl methyl sites for hydroxylation is 1. The van der Waals surface area contributed by atoms with Crippen molar-refractivity contribution in [1.82, 2.24) is 14.8 Å². The highest BCUT2D eigenvalue weighted by atomic mass is 35.5. The van der Waals surface area contributed by atoms with Gasteiger partial charge in [0, 0.05) is 0 Å². The van der Waals surface area contributed by atoms with Gasteiger partial charge < -0.3 is 39.5 Å². The zero-order valence-corrected chi connectivity index (χ0v) is 21.7. The zero-order valence-electron chi connectivity index (χ0n) is 19.2. The van der Waals surface area contributed by atoms with Gasteiger partial charge in [0.15, 0.2) is 17.8 Å². The second kappa shape index (κ2) is 10.0. The van der Waals surface area contributed by atoms with E-state index in [9.17, 15) is 24.2 Å². The normalized spacial score (nSPS) is 27.4. The topological polar surface area (TPSA) is 196 Å². The molecule has 6 atom stereocenters. The van der Waals surface area contributed by atoms with Gasteiger partial charge in [-0.25, -0.2) is 9.67 Å². The standard InChI is InChI=1S/C21H25ClN4O9P2/c22-17-7-15(24-14-6-5-11-3-1-2-4-12(11)14)13-8-23-26(20(13)25-17)21-19(28)18(27)16(35-21)9-34-37(32,33)10-36(29,30)31/h1-4,7-8,14,16,18-19,21,27-28H,5-6,9-10H2,(H,24,25)(H,32,33)(H2,29,30,31)/t14-,16+,18?,19-,21+/m0/s1. The molecule has 16 heteroatoms. The highest BCUT2D eigenvalue weighted by Gasteiger charge is 2.46. The molecule has 0 bridgehead atoms. The number of rotatable bonds is 8. The van der Waals surface area contributed by atoms with Crippen LogP contribution < -0.4 is 5.32 Å². The summed E-state index contributed by atoms with van der Waals surface area (Å²) < 4.78 is 34.7. The summed E-state index contributed by atoms with van der Waals surface area (Å²) in [5, 5.41) is 29.6. The summed E-state index contributed by atoms with van der Waals surface area (Å²) in [6.07, 6.45) is -2.25. The second-order valence-corrected chi connectivity index (χ2v) is 13.4. The predicted octanol–water partition coefficient (Wildman–Crippen LogP) is 2.14. The number of aliphatic hydroxyl groups excluding tert-OH is 2. The van der Waals surface area contributed by atoms with E-state index >= 15 is 0 Å². The minimum Gasteiger partial charge on any atom is -0.387 e. The van der Waals surface area contributed by atoms with E-state index in [0.717, 1.165) is 12.8 Å². The maximum Gasteiger partial charge on any atom is 0.340 e. The smallest absolute Gasteiger partial charge is 0.340 e. The van der Waals surface area contributed by atoms with E-state index in [0.29, 0.717) is 11.1 Å². The van der Waals surface area contributed by atoms with Crippen LogP contribution in [0.2, 0.25) is 5.15 Å². The van der Waals surface area contributed by atoms with Crippen LogP contribution in [-0.4, -0.2) is 70.5 Å². The Kier molecular flexibility index (Phi) is 7.23. The number of benzene rings is 1. The largest absolute Gasteiger partial charge is 0.387 e. The molecule has 0 spiro atoms. The fourth-order valence-corrected chi connectivity index (χ4v) is 7.48. The molecule has 13 nitrogen and oxygen atoms in total. The van der Waals surface area contributed by atoms with Crippen LogP contribution in [-0.2, 0) is 24.8 Å². The lowest BCUT2D eigenvalue weighted by Gasteiger charge is -2.18. The van der Waals surface area contributed by atoms with Crippen molar-refractivity contribution in [3.05, 3.63) is 52.8 Å². The van der Waals surface area contributed by atoms with Crippen molar-refractivity contribution in [1.29, 1.82) is 0 Å². The summed E-state index contributed by atoms with van der Waals surface area (Å²) in [6.45, 7) is -0.705. The average molecular weight is 575 g/mol. The van der Waals surface area contributed by atoms with Crippen molar-refractivity contribution in [3.8, 4) is 0 Å². The minimum absolute atomic E-state index is 0.0557. The zero-order chi connectivity index (χ0) is 26.5. The maximum atomic E-state index is 11.9. The highest BCUT2D eigenvalue weighted by Crippen LogP contribution is 2.55. The Labute approximate surface area is 215 Å². The Morgan fingerprint density at radius 3 is 2.70 bits per heavy atom. The third-order valence-corrected chi connectivity index (χ3v) is 10.0. The van der Waals surface area contributed by atoms with Gasteiger partial charge in [0.1, 0.15) is 23.5 Å². The van der Waals surface area contributed by atoms with Gasteiger partial charge in [-0.05, 0) is 30.0 Å². The molecular formula is C21H25ClN4O9P2. The molecule has 0 saturated carbocycles. The first-order chi connectivity index (χ1) is 17.4. The molecular weight excluding hydrogens is 550 g/mol. The van der Waals surface area contributed by atoms with E-state index in [4.69, 9.17) is 30.6 Å². The Bertz CT molecular complexity index is 1420. The van der Waals surface area contributed by atoms with E-state index < -0.39 is 52.2 Å². The molecule has 37 heavy (non-hydrogen) atoms. The summed E-state index contributed by atoms with van der Waals surface area (Å²) in [5.41, 5.74) is 3.41. The fourth-order valence-electron chi connectivity index (χ4n) is 4.72. The number of fused-ring (bicyclic) bond motifs is 2.